The highest BCUT2D eigenvalue weighted by Crippen LogP contribution is 2.33. The molecule has 2 N–H and O–H groups in total. The van der Waals surface area contributed by atoms with E-state index in [0.29, 0.717) is 0 Å². The number of hydrogen-bond donors (Lipinski definition) is 1. The van der Waals surface area contributed by atoms with Gasteiger partial charge in [0.05, 0.1) is 0 Å². The molecule has 0 atom stereocenters. The zero-order valence-electron chi connectivity index (χ0n) is 10.7. The summed E-state index contributed by atoms with van der Waals surface area (Å²) < 4.78 is 1.11. The van der Waals surface area contributed by atoms with Gasteiger partial charge < -0.3 is 5.73 Å². The largest absolute Gasteiger partial charge is 0.398 e. The lowest BCUT2D eigenvalue weighted by Crippen LogP contribution is -2.25. The second-order valence-corrected chi connectivity index (χ2v) is 6.71. The summed E-state index contributed by atoms with van der Waals surface area (Å²) >= 11 is 5.38. The van der Waals surface area contributed by atoms with Crippen LogP contribution in [0.2, 0.25) is 0 Å². The van der Waals surface area contributed by atoms with Gasteiger partial charge in [-0.3, -0.25) is 4.90 Å². The molecule has 0 amide bonds. The molecule has 4 heteroatoms. The molecule has 0 radical (unpaired) electrons. The molecule has 1 heterocycles. The van der Waals surface area contributed by atoms with E-state index in [1.165, 1.54) is 24.0 Å². The Labute approximate surface area is 126 Å². The highest BCUT2D eigenvalue weighted by atomic mass is 79.9. The van der Waals surface area contributed by atoms with Gasteiger partial charge in [0.2, 0.25) is 0 Å². The molecule has 1 aromatic heterocycles. The van der Waals surface area contributed by atoms with Crippen molar-refractivity contribution in [3.63, 3.8) is 0 Å². The highest BCUT2D eigenvalue weighted by Gasteiger charge is 2.29. The van der Waals surface area contributed by atoms with E-state index in [1.54, 1.807) is 11.3 Å². The Morgan fingerprint density at radius 3 is 2.74 bits per heavy atom. The molecule has 1 fully saturated rings. The smallest absolute Gasteiger partial charge is 0.0371 e. The van der Waals surface area contributed by atoms with Gasteiger partial charge in [-0.2, -0.15) is 11.3 Å². The Kier molecular flexibility index (Phi) is 3.91. The fraction of sp³-hybridized carbons (Fsp3) is 0.333. The summed E-state index contributed by atoms with van der Waals surface area (Å²) in [4.78, 5) is 2.54. The molecule has 100 valence electrons. The Bertz CT molecular complexity index is 529. The molecule has 3 rings (SSSR count). The summed E-state index contributed by atoms with van der Waals surface area (Å²) in [6, 6.07) is 8.98. The lowest BCUT2D eigenvalue weighted by atomic mass is 10.1. The van der Waals surface area contributed by atoms with E-state index in [0.717, 1.165) is 29.3 Å². The fourth-order valence-electron chi connectivity index (χ4n) is 2.32. The molecular formula is C15H17BrN2S. The number of hydrogen-bond acceptors (Lipinski definition) is 3. The minimum atomic E-state index is 0.728. The van der Waals surface area contributed by atoms with E-state index in [2.05, 4.69) is 43.7 Å². The van der Waals surface area contributed by atoms with Crippen LogP contribution in [-0.2, 0) is 13.1 Å². The molecule has 1 saturated carbocycles. The van der Waals surface area contributed by atoms with Crippen molar-refractivity contribution in [2.24, 2.45) is 0 Å². The number of nitrogens with zero attached hydrogens (tertiary/aromatic N) is 1. The van der Waals surface area contributed by atoms with E-state index in [-0.39, 0.29) is 0 Å². The highest BCUT2D eigenvalue weighted by molar-refractivity contribution is 9.10. The van der Waals surface area contributed by atoms with E-state index >= 15 is 0 Å². The number of thiophene rings is 1. The quantitative estimate of drug-likeness (QED) is 0.826. The van der Waals surface area contributed by atoms with Gasteiger partial charge in [-0.25, -0.2) is 0 Å². The Balaban J connectivity index is 1.78. The molecule has 0 saturated heterocycles. The van der Waals surface area contributed by atoms with Crippen LogP contribution < -0.4 is 5.73 Å². The van der Waals surface area contributed by atoms with Crippen LogP contribution >= 0.6 is 27.3 Å². The number of nitrogens with two attached hydrogens (primary N) is 1. The first-order valence-electron chi connectivity index (χ1n) is 6.52. The molecule has 2 nitrogen and oxygen atoms in total. The van der Waals surface area contributed by atoms with Gasteiger partial charge in [-0.05, 0) is 47.4 Å². The minimum absolute atomic E-state index is 0.728. The average Bonchev–Trinajstić information content (AvgIpc) is 3.11. The first-order valence-corrected chi connectivity index (χ1v) is 8.25. The summed E-state index contributed by atoms with van der Waals surface area (Å²) in [5, 5.41) is 4.38. The molecule has 19 heavy (non-hydrogen) atoms. The van der Waals surface area contributed by atoms with Crippen LogP contribution in [0.3, 0.4) is 0 Å². The monoisotopic (exact) mass is 336 g/mol. The van der Waals surface area contributed by atoms with E-state index in [9.17, 15) is 0 Å². The SMILES string of the molecule is Nc1cccc(Br)c1CN(Cc1ccsc1)C1CC1. The molecular weight excluding hydrogens is 320 g/mol. The van der Waals surface area contributed by atoms with Crippen LogP contribution in [0.1, 0.15) is 24.0 Å². The third-order valence-electron chi connectivity index (χ3n) is 3.55. The maximum absolute atomic E-state index is 6.11. The van der Waals surface area contributed by atoms with E-state index in [1.807, 2.05) is 12.1 Å². The van der Waals surface area contributed by atoms with Crippen molar-refractivity contribution in [1.29, 1.82) is 0 Å². The van der Waals surface area contributed by atoms with Crippen molar-refractivity contribution in [3.8, 4) is 0 Å². The molecule has 1 aliphatic rings. The van der Waals surface area contributed by atoms with Crippen LogP contribution in [0, 0.1) is 0 Å². The summed E-state index contributed by atoms with van der Waals surface area (Å²) in [5.74, 6) is 0. The zero-order valence-corrected chi connectivity index (χ0v) is 13.1. The maximum Gasteiger partial charge on any atom is 0.0371 e. The average molecular weight is 337 g/mol. The summed E-state index contributed by atoms with van der Waals surface area (Å²) in [7, 11) is 0. The maximum atomic E-state index is 6.11. The molecule has 0 aliphatic heterocycles. The van der Waals surface area contributed by atoms with Crippen molar-refractivity contribution >= 4 is 33.0 Å². The number of anilines is 1. The van der Waals surface area contributed by atoms with E-state index < -0.39 is 0 Å². The summed E-state index contributed by atoms with van der Waals surface area (Å²) in [6.45, 7) is 1.95. The topological polar surface area (TPSA) is 29.3 Å². The molecule has 0 bridgehead atoms. The first kappa shape index (κ1) is 13.2. The van der Waals surface area contributed by atoms with Crippen LogP contribution in [-0.4, -0.2) is 10.9 Å². The number of nitrogen functional groups attached to an aromatic ring is 1. The minimum Gasteiger partial charge on any atom is -0.398 e. The number of benzene rings is 1. The first-order chi connectivity index (χ1) is 9.24. The second-order valence-electron chi connectivity index (χ2n) is 5.08. The molecule has 0 spiro atoms. The second kappa shape index (κ2) is 5.65. The predicted octanol–water partition coefficient (Wildman–Crippen LogP) is 4.26. The van der Waals surface area contributed by atoms with Crippen molar-refractivity contribution in [2.75, 3.05) is 5.73 Å². The van der Waals surface area contributed by atoms with Crippen LogP contribution in [0.25, 0.3) is 0 Å². The Morgan fingerprint density at radius 2 is 2.11 bits per heavy atom. The van der Waals surface area contributed by atoms with Gasteiger partial charge in [-0.1, -0.05) is 22.0 Å². The van der Waals surface area contributed by atoms with Crippen LogP contribution in [0.5, 0.6) is 0 Å². The normalized spacial score (nSPS) is 15.1. The third kappa shape index (κ3) is 3.19. The Morgan fingerprint density at radius 1 is 1.26 bits per heavy atom. The fourth-order valence-corrected chi connectivity index (χ4v) is 3.48. The van der Waals surface area contributed by atoms with Crippen molar-refractivity contribution < 1.29 is 0 Å². The zero-order chi connectivity index (χ0) is 13.2. The molecule has 1 aliphatic carbocycles. The lowest BCUT2D eigenvalue weighted by Gasteiger charge is -2.23. The van der Waals surface area contributed by atoms with Gasteiger partial charge in [0.1, 0.15) is 0 Å². The van der Waals surface area contributed by atoms with Crippen molar-refractivity contribution in [2.45, 2.75) is 32.0 Å². The molecule has 2 aromatic rings. The number of rotatable bonds is 5. The van der Waals surface area contributed by atoms with Gasteiger partial charge in [-0.15, -0.1) is 0 Å². The van der Waals surface area contributed by atoms with Gasteiger partial charge >= 0.3 is 0 Å². The van der Waals surface area contributed by atoms with Crippen molar-refractivity contribution in [1.82, 2.24) is 4.90 Å². The van der Waals surface area contributed by atoms with Crippen molar-refractivity contribution in [3.05, 3.63) is 50.6 Å². The third-order valence-corrected chi connectivity index (χ3v) is 5.02. The van der Waals surface area contributed by atoms with Crippen LogP contribution in [0.15, 0.2) is 39.5 Å². The standard InChI is InChI=1S/C15H17BrN2S/c16-14-2-1-3-15(17)13(14)9-18(12-4-5-12)8-11-6-7-19-10-11/h1-3,6-7,10,12H,4-5,8-9,17H2. The van der Waals surface area contributed by atoms with Gasteiger partial charge in [0, 0.05) is 34.9 Å². The number of halogens is 1. The van der Waals surface area contributed by atoms with E-state index in [4.69, 9.17) is 5.73 Å². The Hall–Kier alpha value is -0.840. The van der Waals surface area contributed by atoms with Gasteiger partial charge in [0.25, 0.3) is 0 Å². The van der Waals surface area contributed by atoms with Gasteiger partial charge in [0.15, 0.2) is 0 Å². The summed E-state index contributed by atoms with van der Waals surface area (Å²) in [6.07, 6.45) is 2.63. The predicted molar refractivity (Wildman–Crippen MR) is 85.1 cm³/mol. The van der Waals surface area contributed by atoms with Crippen LogP contribution in [0.4, 0.5) is 5.69 Å². The summed E-state index contributed by atoms with van der Waals surface area (Å²) in [5.41, 5.74) is 9.61. The molecule has 1 aromatic carbocycles. The lowest BCUT2D eigenvalue weighted by molar-refractivity contribution is 0.246. The molecule has 0 unspecified atom stereocenters.